The van der Waals surface area contributed by atoms with Crippen LogP contribution in [0.5, 0.6) is 5.75 Å². The molecule has 0 unspecified atom stereocenters. The molecule has 3 atom stereocenters. The highest BCUT2D eigenvalue weighted by Gasteiger charge is 2.32. The third-order valence-corrected chi connectivity index (χ3v) is 6.09. The maximum atomic E-state index is 14.3. The first-order valence-corrected chi connectivity index (χ1v) is 11.5. The molecule has 2 amide bonds. The zero-order chi connectivity index (χ0) is 25.9. The lowest BCUT2D eigenvalue weighted by molar-refractivity contribution is -0.127. The van der Waals surface area contributed by atoms with E-state index in [1.807, 2.05) is 26.8 Å². The number of carbonyl (C=O) groups excluding carboxylic acids is 3. The number of methoxy groups -OCH3 is 1. The van der Waals surface area contributed by atoms with Gasteiger partial charge in [0.05, 0.1) is 24.4 Å². The van der Waals surface area contributed by atoms with Crippen molar-refractivity contribution in [1.29, 1.82) is 5.26 Å². The van der Waals surface area contributed by atoms with Crippen molar-refractivity contribution in [2.45, 2.75) is 52.5 Å². The molecule has 188 valence electrons. The number of benzene rings is 1. The fourth-order valence-electron chi connectivity index (χ4n) is 4.48. The van der Waals surface area contributed by atoms with Gasteiger partial charge in [0.1, 0.15) is 11.9 Å². The monoisotopic (exact) mass is 488 g/mol. The summed E-state index contributed by atoms with van der Waals surface area (Å²) in [4.78, 5) is 40.8. The van der Waals surface area contributed by atoms with E-state index in [0.29, 0.717) is 25.5 Å². The Bertz CT molecular complexity index is 1180. The Hall–Kier alpha value is -3.48. The molecule has 1 aliphatic rings. The summed E-state index contributed by atoms with van der Waals surface area (Å²) in [5.41, 5.74) is -0.355. The SMILES string of the molecule is COc1c(F)cc(F)c2[nH]c(C(=O)C[C@@H](CC(C)(C)C)C(=O)N[C@H](C#N)C[C@@H]3CCNC3=O)cc12. The van der Waals surface area contributed by atoms with E-state index < -0.39 is 35.3 Å². The van der Waals surface area contributed by atoms with Crippen LogP contribution in [0.3, 0.4) is 0 Å². The van der Waals surface area contributed by atoms with Gasteiger partial charge in [0, 0.05) is 36.3 Å². The van der Waals surface area contributed by atoms with Crippen LogP contribution >= 0.6 is 0 Å². The Kier molecular flexibility index (Phi) is 7.78. The maximum absolute atomic E-state index is 14.3. The molecule has 8 nitrogen and oxygen atoms in total. The minimum atomic E-state index is -0.890. The molecule has 2 aromatic rings. The van der Waals surface area contributed by atoms with E-state index >= 15 is 0 Å². The van der Waals surface area contributed by atoms with Crippen LogP contribution in [0, 0.1) is 40.2 Å². The standard InChI is InChI=1S/C25H30F2N4O4/c1-25(2,3)11-14(24(34)30-15(12-28)7-13-5-6-29-23(13)33)8-20(32)19-9-16-21(31-19)17(26)10-18(27)22(16)35-4/h9-10,13-15,31H,5-8,11H2,1-4H3,(H,29,33)(H,30,34)/t13-,14-,15-/m0/s1. The first kappa shape index (κ1) is 26.1. The van der Waals surface area contributed by atoms with Gasteiger partial charge in [-0.25, -0.2) is 8.78 Å². The average Bonchev–Trinajstić information content (AvgIpc) is 3.39. The number of rotatable bonds is 9. The minimum Gasteiger partial charge on any atom is -0.493 e. The zero-order valence-electron chi connectivity index (χ0n) is 20.3. The molecule has 1 aromatic carbocycles. The number of fused-ring (bicyclic) bond motifs is 1. The molecule has 10 heteroatoms. The number of ketones is 1. The van der Waals surface area contributed by atoms with Crippen molar-refractivity contribution >= 4 is 28.5 Å². The molecule has 3 N–H and O–H groups in total. The fraction of sp³-hybridized carbons (Fsp3) is 0.520. The van der Waals surface area contributed by atoms with Gasteiger partial charge in [-0.1, -0.05) is 20.8 Å². The van der Waals surface area contributed by atoms with Crippen LogP contribution in [-0.2, 0) is 9.59 Å². The van der Waals surface area contributed by atoms with Crippen molar-refractivity contribution in [2.75, 3.05) is 13.7 Å². The highest BCUT2D eigenvalue weighted by molar-refractivity contribution is 6.02. The summed E-state index contributed by atoms with van der Waals surface area (Å²) >= 11 is 0. The number of amides is 2. The highest BCUT2D eigenvalue weighted by Crippen LogP contribution is 2.33. The topological polar surface area (TPSA) is 124 Å². The fourth-order valence-corrected chi connectivity index (χ4v) is 4.48. The van der Waals surface area contributed by atoms with Gasteiger partial charge in [0.25, 0.3) is 0 Å². The number of nitrogens with one attached hydrogen (secondary N) is 3. The molecule has 0 saturated carbocycles. The molecule has 35 heavy (non-hydrogen) atoms. The zero-order valence-corrected chi connectivity index (χ0v) is 20.3. The summed E-state index contributed by atoms with van der Waals surface area (Å²) in [6, 6.07) is 3.15. The summed E-state index contributed by atoms with van der Waals surface area (Å²) in [7, 11) is 1.24. The van der Waals surface area contributed by atoms with Crippen molar-refractivity contribution in [2.24, 2.45) is 17.3 Å². The third kappa shape index (κ3) is 6.15. The molecule has 2 heterocycles. The summed E-state index contributed by atoms with van der Waals surface area (Å²) in [5.74, 6) is -4.13. The Morgan fingerprint density at radius 1 is 1.29 bits per heavy atom. The van der Waals surface area contributed by atoms with E-state index in [4.69, 9.17) is 4.74 Å². The predicted molar refractivity (Wildman–Crippen MR) is 125 cm³/mol. The van der Waals surface area contributed by atoms with Gasteiger partial charge in [0.15, 0.2) is 17.3 Å². The van der Waals surface area contributed by atoms with E-state index in [1.54, 1.807) is 0 Å². The van der Waals surface area contributed by atoms with Gasteiger partial charge in [0.2, 0.25) is 11.8 Å². The molecule has 0 spiro atoms. The number of hydrogen-bond acceptors (Lipinski definition) is 5. The number of aromatic amines is 1. The second kappa shape index (κ2) is 10.4. The minimum absolute atomic E-state index is 0.0222. The number of halogens is 2. The lowest BCUT2D eigenvalue weighted by Crippen LogP contribution is -2.41. The number of H-pyrrole nitrogens is 1. The largest absolute Gasteiger partial charge is 0.493 e. The molecular weight excluding hydrogens is 458 g/mol. The van der Waals surface area contributed by atoms with Crippen molar-refractivity contribution in [3.8, 4) is 11.8 Å². The van der Waals surface area contributed by atoms with Crippen LogP contribution in [-0.4, -0.2) is 42.3 Å². The third-order valence-electron chi connectivity index (χ3n) is 6.09. The van der Waals surface area contributed by atoms with Gasteiger partial charge >= 0.3 is 0 Å². The van der Waals surface area contributed by atoms with E-state index in [9.17, 15) is 28.4 Å². The second-order valence-electron chi connectivity index (χ2n) is 10.1. The lowest BCUT2D eigenvalue weighted by atomic mass is 9.81. The van der Waals surface area contributed by atoms with E-state index in [2.05, 4.69) is 15.6 Å². The van der Waals surface area contributed by atoms with Gasteiger partial charge in [-0.2, -0.15) is 5.26 Å². The molecule has 1 aromatic heterocycles. The van der Waals surface area contributed by atoms with Crippen LogP contribution in [0.25, 0.3) is 10.9 Å². The number of nitriles is 1. The summed E-state index contributed by atoms with van der Waals surface area (Å²) in [6.07, 6.45) is 0.929. The number of ether oxygens (including phenoxy) is 1. The highest BCUT2D eigenvalue weighted by atomic mass is 19.1. The number of aromatic nitrogens is 1. The number of carbonyl (C=O) groups is 3. The molecular formula is C25H30F2N4O4. The van der Waals surface area contributed by atoms with Crippen molar-refractivity contribution < 1.29 is 27.9 Å². The summed E-state index contributed by atoms with van der Waals surface area (Å²) in [5, 5.41) is 15.0. The Balaban J connectivity index is 1.80. The van der Waals surface area contributed by atoms with Crippen LogP contribution in [0.15, 0.2) is 12.1 Å². The first-order valence-electron chi connectivity index (χ1n) is 11.5. The van der Waals surface area contributed by atoms with E-state index in [0.717, 1.165) is 0 Å². The Labute approximate surface area is 202 Å². The molecule has 0 radical (unpaired) electrons. The van der Waals surface area contributed by atoms with Gasteiger partial charge < -0.3 is 20.4 Å². The summed E-state index contributed by atoms with van der Waals surface area (Å²) < 4.78 is 33.3. The molecule has 1 aliphatic heterocycles. The molecule has 1 saturated heterocycles. The number of Topliss-reactive ketones (excluding diaryl/α,β-unsaturated/α-hetero) is 1. The molecule has 0 bridgehead atoms. The normalized spacial score (nSPS) is 17.5. The number of hydrogen-bond donors (Lipinski definition) is 3. The molecule has 3 rings (SSSR count). The first-order chi connectivity index (χ1) is 16.4. The van der Waals surface area contributed by atoms with Gasteiger partial charge in [-0.15, -0.1) is 0 Å². The van der Waals surface area contributed by atoms with E-state index in [-0.39, 0.29) is 52.4 Å². The second-order valence-corrected chi connectivity index (χ2v) is 10.1. The lowest BCUT2D eigenvalue weighted by Gasteiger charge is -2.26. The molecule has 0 aliphatic carbocycles. The van der Waals surface area contributed by atoms with Crippen LogP contribution in [0.2, 0.25) is 0 Å². The van der Waals surface area contributed by atoms with Crippen LogP contribution in [0.4, 0.5) is 8.78 Å². The van der Waals surface area contributed by atoms with Crippen molar-refractivity contribution in [3.63, 3.8) is 0 Å². The van der Waals surface area contributed by atoms with E-state index in [1.165, 1.54) is 13.2 Å². The quantitative estimate of drug-likeness (QED) is 0.465. The summed E-state index contributed by atoms with van der Waals surface area (Å²) in [6.45, 7) is 6.31. The Morgan fingerprint density at radius 2 is 2.00 bits per heavy atom. The van der Waals surface area contributed by atoms with Crippen LogP contribution < -0.4 is 15.4 Å². The number of nitrogens with zero attached hydrogens (tertiary/aromatic N) is 1. The smallest absolute Gasteiger partial charge is 0.224 e. The maximum Gasteiger partial charge on any atom is 0.224 e. The Morgan fingerprint density at radius 3 is 2.57 bits per heavy atom. The molecule has 1 fully saturated rings. The van der Waals surface area contributed by atoms with Gasteiger partial charge in [-0.3, -0.25) is 14.4 Å². The van der Waals surface area contributed by atoms with Gasteiger partial charge in [-0.05, 0) is 30.7 Å². The average molecular weight is 489 g/mol. The van der Waals surface area contributed by atoms with Crippen molar-refractivity contribution in [1.82, 2.24) is 15.6 Å². The van der Waals surface area contributed by atoms with Crippen molar-refractivity contribution in [3.05, 3.63) is 29.5 Å². The van der Waals surface area contributed by atoms with Crippen LogP contribution in [0.1, 0.15) is 56.9 Å². The predicted octanol–water partition coefficient (Wildman–Crippen LogP) is 3.61.